The third-order valence-corrected chi connectivity index (χ3v) is 5.32. The van der Waals surface area contributed by atoms with Gasteiger partial charge in [-0.05, 0) is 23.8 Å². The predicted octanol–water partition coefficient (Wildman–Crippen LogP) is 3.01. The van der Waals surface area contributed by atoms with Crippen molar-refractivity contribution in [3.63, 3.8) is 0 Å². The van der Waals surface area contributed by atoms with Crippen LogP contribution in [0.2, 0.25) is 4.34 Å². The summed E-state index contributed by atoms with van der Waals surface area (Å²) in [5.41, 5.74) is 1.94. The number of benzene rings is 1. The molecule has 0 spiro atoms. The first kappa shape index (κ1) is 15.5. The van der Waals surface area contributed by atoms with E-state index in [1.54, 1.807) is 0 Å². The minimum atomic E-state index is -0.593. The van der Waals surface area contributed by atoms with Crippen LogP contribution in [0.4, 0.5) is 0 Å². The summed E-state index contributed by atoms with van der Waals surface area (Å²) in [5.74, 6) is 0.727. The van der Waals surface area contributed by atoms with Gasteiger partial charge in [-0.1, -0.05) is 35.0 Å². The summed E-state index contributed by atoms with van der Waals surface area (Å²) in [6.07, 6.45) is 0.625. The van der Waals surface area contributed by atoms with E-state index in [1.807, 2.05) is 36.4 Å². The largest absolute Gasteiger partial charge is 0.488 e. The first-order chi connectivity index (χ1) is 11.7. The van der Waals surface area contributed by atoms with Crippen molar-refractivity contribution < 1.29 is 14.4 Å². The van der Waals surface area contributed by atoms with Gasteiger partial charge in [-0.25, -0.2) is 0 Å². The second kappa shape index (κ2) is 6.45. The number of carbonyl (C=O) groups is 1. The van der Waals surface area contributed by atoms with Gasteiger partial charge in [0.1, 0.15) is 17.6 Å². The molecule has 0 radical (unpaired) electrons. The Balaban J connectivity index is 1.28. The summed E-state index contributed by atoms with van der Waals surface area (Å²) in [5, 5.41) is 6.90. The number of para-hydroxylation sites is 1. The van der Waals surface area contributed by atoms with Crippen LogP contribution in [-0.2, 0) is 16.1 Å². The number of halogens is 1. The summed E-state index contributed by atoms with van der Waals surface area (Å²) >= 11 is 7.36. The van der Waals surface area contributed by atoms with Gasteiger partial charge in [-0.2, -0.15) is 0 Å². The number of hydrogen-bond donors (Lipinski definition) is 1. The van der Waals surface area contributed by atoms with Crippen molar-refractivity contribution in [3.05, 3.63) is 51.2 Å². The number of thiophene rings is 1. The molecule has 0 unspecified atom stereocenters. The zero-order chi connectivity index (χ0) is 16.5. The summed E-state index contributed by atoms with van der Waals surface area (Å²) < 4.78 is 6.51. The standard InChI is InChI=1S/C17H15ClN2O3S/c18-16-6-5-15(24-16)12-8-14(23-20-12)17(21)19-9-11-7-10-3-1-2-4-13(10)22-11/h1-6,11,14H,7-9H2,(H,19,21)/t11-,14-/m0/s1. The fourth-order valence-corrected chi connectivity index (χ4v) is 3.86. The molecular weight excluding hydrogens is 348 g/mol. The molecule has 0 bridgehead atoms. The number of oxime groups is 1. The molecule has 7 heteroatoms. The smallest absolute Gasteiger partial charge is 0.264 e. The Bertz CT molecular complexity index is 780. The minimum Gasteiger partial charge on any atom is -0.488 e. The molecule has 0 saturated heterocycles. The first-order valence-corrected chi connectivity index (χ1v) is 8.89. The average Bonchev–Trinajstić information content (AvgIpc) is 3.30. The Morgan fingerprint density at radius 2 is 2.17 bits per heavy atom. The zero-order valence-corrected chi connectivity index (χ0v) is 14.3. The molecule has 24 heavy (non-hydrogen) atoms. The lowest BCUT2D eigenvalue weighted by Gasteiger charge is -2.13. The molecular formula is C17H15ClN2O3S. The molecule has 124 valence electrons. The van der Waals surface area contributed by atoms with Crippen molar-refractivity contribution in [2.45, 2.75) is 25.0 Å². The summed E-state index contributed by atoms with van der Waals surface area (Å²) in [7, 11) is 0. The van der Waals surface area contributed by atoms with E-state index in [0.717, 1.165) is 22.8 Å². The van der Waals surface area contributed by atoms with Crippen molar-refractivity contribution in [3.8, 4) is 5.75 Å². The molecule has 5 nitrogen and oxygen atoms in total. The monoisotopic (exact) mass is 362 g/mol. The van der Waals surface area contributed by atoms with E-state index in [2.05, 4.69) is 10.5 Å². The van der Waals surface area contributed by atoms with Gasteiger partial charge in [-0.15, -0.1) is 11.3 Å². The quantitative estimate of drug-likeness (QED) is 0.909. The second-order valence-electron chi connectivity index (χ2n) is 5.74. The molecule has 2 aromatic rings. The van der Waals surface area contributed by atoms with E-state index in [0.29, 0.717) is 17.3 Å². The third-order valence-electron chi connectivity index (χ3n) is 4.04. The molecule has 0 fully saturated rings. The van der Waals surface area contributed by atoms with Crippen LogP contribution in [0.25, 0.3) is 0 Å². The van der Waals surface area contributed by atoms with Gasteiger partial charge >= 0.3 is 0 Å². The van der Waals surface area contributed by atoms with Crippen LogP contribution in [0.5, 0.6) is 5.75 Å². The molecule has 1 amide bonds. The number of nitrogens with zero attached hydrogens (tertiary/aromatic N) is 1. The third kappa shape index (κ3) is 3.12. The van der Waals surface area contributed by atoms with Gasteiger partial charge in [0.05, 0.1) is 15.8 Å². The number of carbonyl (C=O) groups excluding carboxylic acids is 1. The normalized spacial score (nSPS) is 21.6. The topological polar surface area (TPSA) is 59.9 Å². The fourth-order valence-electron chi connectivity index (χ4n) is 2.83. The van der Waals surface area contributed by atoms with E-state index >= 15 is 0 Å². The fraction of sp³-hybridized carbons (Fsp3) is 0.294. The lowest BCUT2D eigenvalue weighted by molar-refractivity contribution is -0.131. The van der Waals surface area contributed by atoms with E-state index < -0.39 is 6.10 Å². The lowest BCUT2D eigenvalue weighted by atomic mass is 10.1. The van der Waals surface area contributed by atoms with E-state index in [1.165, 1.54) is 16.9 Å². The molecule has 2 aliphatic rings. The van der Waals surface area contributed by atoms with Gasteiger partial charge in [-0.3, -0.25) is 4.79 Å². The van der Waals surface area contributed by atoms with Crippen LogP contribution in [0.3, 0.4) is 0 Å². The number of nitrogens with one attached hydrogen (secondary N) is 1. The number of rotatable bonds is 4. The lowest BCUT2D eigenvalue weighted by Crippen LogP contribution is -2.40. The van der Waals surface area contributed by atoms with E-state index in [4.69, 9.17) is 21.2 Å². The highest BCUT2D eigenvalue weighted by Gasteiger charge is 2.30. The van der Waals surface area contributed by atoms with E-state index in [-0.39, 0.29) is 12.0 Å². The molecule has 1 N–H and O–H groups in total. The Labute approximate surface area is 148 Å². The number of fused-ring (bicyclic) bond motifs is 1. The molecule has 1 aromatic carbocycles. The predicted molar refractivity (Wildman–Crippen MR) is 92.9 cm³/mol. The van der Waals surface area contributed by atoms with Crippen molar-refractivity contribution in [2.24, 2.45) is 5.16 Å². The van der Waals surface area contributed by atoms with Crippen LogP contribution >= 0.6 is 22.9 Å². The van der Waals surface area contributed by atoms with Crippen LogP contribution in [0, 0.1) is 0 Å². The van der Waals surface area contributed by atoms with Crippen molar-refractivity contribution in [1.82, 2.24) is 5.32 Å². The maximum Gasteiger partial charge on any atom is 0.264 e. The summed E-state index contributed by atoms with van der Waals surface area (Å²) in [4.78, 5) is 18.5. The van der Waals surface area contributed by atoms with Crippen LogP contribution in [0.1, 0.15) is 16.9 Å². The molecule has 2 atom stereocenters. The minimum absolute atomic E-state index is 0.0377. The van der Waals surface area contributed by atoms with Crippen molar-refractivity contribution >= 4 is 34.6 Å². The summed E-state index contributed by atoms with van der Waals surface area (Å²) in [6.45, 7) is 0.452. The number of hydrogen-bond acceptors (Lipinski definition) is 5. The Morgan fingerprint density at radius 1 is 1.29 bits per heavy atom. The van der Waals surface area contributed by atoms with Gasteiger partial charge < -0.3 is 14.9 Å². The van der Waals surface area contributed by atoms with E-state index in [9.17, 15) is 4.79 Å². The van der Waals surface area contributed by atoms with Gasteiger partial charge in [0.15, 0.2) is 0 Å². The van der Waals surface area contributed by atoms with Crippen LogP contribution in [-0.4, -0.2) is 30.4 Å². The van der Waals surface area contributed by atoms with Gasteiger partial charge in [0.25, 0.3) is 5.91 Å². The second-order valence-corrected chi connectivity index (χ2v) is 7.45. The Kier molecular flexibility index (Phi) is 4.16. The van der Waals surface area contributed by atoms with Crippen LogP contribution in [0.15, 0.2) is 41.6 Å². The van der Waals surface area contributed by atoms with Gasteiger partial charge in [0.2, 0.25) is 6.10 Å². The maximum absolute atomic E-state index is 12.3. The zero-order valence-electron chi connectivity index (χ0n) is 12.7. The highest BCUT2D eigenvalue weighted by atomic mass is 35.5. The van der Waals surface area contributed by atoms with Crippen molar-refractivity contribution in [1.29, 1.82) is 0 Å². The summed E-state index contributed by atoms with van der Waals surface area (Å²) in [6, 6.07) is 11.6. The SMILES string of the molecule is O=C(NC[C@@H]1Cc2ccccc2O1)[C@@H]1CC(c2ccc(Cl)s2)=NO1. The first-order valence-electron chi connectivity index (χ1n) is 7.70. The molecule has 4 rings (SSSR count). The molecule has 1 aromatic heterocycles. The highest BCUT2D eigenvalue weighted by molar-refractivity contribution is 7.18. The Hall–Kier alpha value is -2.05. The molecule has 0 saturated carbocycles. The average molecular weight is 363 g/mol. The van der Waals surface area contributed by atoms with Crippen molar-refractivity contribution in [2.75, 3.05) is 6.54 Å². The molecule has 0 aliphatic carbocycles. The Morgan fingerprint density at radius 3 is 2.96 bits per heavy atom. The van der Waals surface area contributed by atoms with Crippen LogP contribution < -0.4 is 10.1 Å². The highest BCUT2D eigenvalue weighted by Crippen LogP contribution is 2.28. The molecule has 3 heterocycles. The number of amides is 1. The maximum atomic E-state index is 12.3. The number of ether oxygens (including phenoxy) is 1. The molecule has 2 aliphatic heterocycles. The van der Waals surface area contributed by atoms with Gasteiger partial charge in [0, 0.05) is 12.8 Å².